The van der Waals surface area contributed by atoms with Gasteiger partial charge in [-0.1, -0.05) is 18.2 Å². The van der Waals surface area contributed by atoms with Gasteiger partial charge in [0.1, 0.15) is 6.10 Å². The van der Waals surface area contributed by atoms with Crippen LogP contribution in [0.25, 0.3) is 0 Å². The first-order valence-electron chi connectivity index (χ1n) is 8.16. The van der Waals surface area contributed by atoms with E-state index in [-0.39, 0.29) is 12.5 Å². The van der Waals surface area contributed by atoms with Crippen LogP contribution in [0.2, 0.25) is 0 Å². The van der Waals surface area contributed by atoms with E-state index in [1.165, 1.54) is 14.2 Å². The van der Waals surface area contributed by atoms with Gasteiger partial charge in [0, 0.05) is 11.3 Å². The number of cyclic esters (lactones) is 1. The number of amides is 2. The Balaban J connectivity index is 1.59. The molecule has 0 bridgehead atoms. The fraction of sp³-hybridized carbons (Fsp3) is 0.263. The fourth-order valence-corrected chi connectivity index (χ4v) is 2.73. The number of nitrogens with zero attached hydrogens (tertiary/aromatic N) is 1. The summed E-state index contributed by atoms with van der Waals surface area (Å²) in [6.45, 7) is 0.608. The summed E-state index contributed by atoms with van der Waals surface area (Å²) in [6, 6.07) is 14.2. The molecule has 2 amide bonds. The van der Waals surface area contributed by atoms with Crippen molar-refractivity contribution in [2.45, 2.75) is 6.10 Å². The van der Waals surface area contributed by atoms with E-state index in [1.807, 2.05) is 30.3 Å². The highest BCUT2D eigenvalue weighted by molar-refractivity contribution is 5.95. The summed E-state index contributed by atoms with van der Waals surface area (Å²) in [7, 11) is 3.04. The highest BCUT2D eigenvalue weighted by atomic mass is 16.6. The minimum Gasteiger partial charge on any atom is -0.493 e. The Hall–Kier alpha value is -3.22. The number of methoxy groups -OCH3 is 2. The number of anilines is 1. The lowest BCUT2D eigenvalue weighted by atomic mass is 10.2. The summed E-state index contributed by atoms with van der Waals surface area (Å²) in [4.78, 5) is 25.9. The second kappa shape index (κ2) is 7.77. The first kappa shape index (κ1) is 17.6. The predicted molar refractivity (Wildman–Crippen MR) is 95.9 cm³/mol. The third-order valence-corrected chi connectivity index (χ3v) is 4.08. The maximum atomic E-state index is 12.3. The normalized spacial score (nSPS) is 16.2. The number of nitrogens with one attached hydrogen (secondary N) is 1. The number of benzene rings is 2. The van der Waals surface area contributed by atoms with Crippen molar-refractivity contribution in [2.24, 2.45) is 0 Å². The fourth-order valence-electron chi connectivity index (χ4n) is 2.73. The Morgan fingerprint density at radius 3 is 2.58 bits per heavy atom. The number of hydrogen-bond acceptors (Lipinski definition) is 5. The third-order valence-electron chi connectivity index (χ3n) is 4.08. The molecule has 1 aliphatic heterocycles. The summed E-state index contributed by atoms with van der Waals surface area (Å²) in [5.74, 6) is 0.745. The standard InChI is InChI=1S/C19H20N2O5/c1-24-16-9-8-13(10-17(16)25-2)18(22)20-11-15-12-21(19(23)26-15)14-6-4-3-5-7-14/h3-10,15H,11-12H2,1-2H3,(H,20,22). The molecule has 136 valence electrons. The van der Waals surface area contributed by atoms with Crippen molar-refractivity contribution < 1.29 is 23.8 Å². The molecular weight excluding hydrogens is 336 g/mol. The monoisotopic (exact) mass is 356 g/mol. The van der Waals surface area contributed by atoms with Gasteiger partial charge in [-0.05, 0) is 30.3 Å². The average molecular weight is 356 g/mol. The van der Waals surface area contributed by atoms with Crippen LogP contribution < -0.4 is 19.7 Å². The molecule has 7 heteroatoms. The Morgan fingerprint density at radius 2 is 1.88 bits per heavy atom. The Bertz CT molecular complexity index is 794. The smallest absolute Gasteiger partial charge is 0.414 e. The van der Waals surface area contributed by atoms with E-state index in [2.05, 4.69) is 5.32 Å². The van der Waals surface area contributed by atoms with Gasteiger partial charge in [0.15, 0.2) is 11.5 Å². The van der Waals surface area contributed by atoms with Crippen LogP contribution in [0.3, 0.4) is 0 Å². The summed E-state index contributed by atoms with van der Waals surface area (Å²) in [5.41, 5.74) is 1.21. The van der Waals surface area contributed by atoms with E-state index in [9.17, 15) is 9.59 Å². The van der Waals surface area contributed by atoms with Gasteiger partial charge in [-0.15, -0.1) is 0 Å². The van der Waals surface area contributed by atoms with Gasteiger partial charge in [-0.25, -0.2) is 4.79 Å². The third kappa shape index (κ3) is 3.72. The highest BCUT2D eigenvalue weighted by Crippen LogP contribution is 2.27. The van der Waals surface area contributed by atoms with Crippen LogP contribution >= 0.6 is 0 Å². The van der Waals surface area contributed by atoms with Gasteiger partial charge in [0.25, 0.3) is 5.91 Å². The Labute approximate surface area is 151 Å². The van der Waals surface area contributed by atoms with Crippen LogP contribution in [0.5, 0.6) is 11.5 Å². The predicted octanol–water partition coefficient (Wildman–Crippen LogP) is 2.46. The Kier molecular flexibility index (Phi) is 5.26. The molecule has 3 rings (SSSR count). The van der Waals surface area contributed by atoms with E-state index in [0.29, 0.717) is 23.6 Å². The van der Waals surface area contributed by atoms with Gasteiger partial charge >= 0.3 is 6.09 Å². The van der Waals surface area contributed by atoms with Crippen molar-refractivity contribution in [3.8, 4) is 11.5 Å². The molecule has 26 heavy (non-hydrogen) atoms. The van der Waals surface area contributed by atoms with Crippen LogP contribution in [0, 0.1) is 0 Å². The number of carbonyl (C=O) groups is 2. The molecule has 0 radical (unpaired) electrons. The van der Waals surface area contributed by atoms with E-state index >= 15 is 0 Å². The molecule has 1 fully saturated rings. The molecule has 0 saturated carbocycles. The summed E-state index contributed by atoms with van der Waals surface area (Å²) >= 11 is 0. The highest BCUT2D eigenvalue weighted by Gasteiger charge is 2.32. The topological polar surface area (TPSA) is 77.1 Å². The van der Waals surface area contributed by atoms with Crippen molar-refractivity contribution >= 4 is 17.7 Å². The number of rotatable bonds is 6. The van der Waals surface area contributed by atoms with Gasteiger partial charge in [-0.3, -0.25) is 9.69 Å². The van der Waals surface area contributed by atoms with E-state index in [4.69, 9.17) is 14.2 Å². The summed E-state index contributed by atoms with van der Waals surface area (Å²) < 4.78 is 15.7. The average Bonchev–Trinajstić information content (AvgIpc) is 3.06. The molecular formula is C19H20N2O5. The molecule has 1 saturated heterocycles. The van der Waals surface area contributed by atoms with Crippen LogP contribution in [0.1, 0.15) is 10.4 Å². The molecule has 1 N–H and O–H groups in total. The zero-order valence-corrected chi connectivity index (χ0v) is 14.6. The lowest BCUT2D eigenvalue weighted by molar-refractivity contribution is 0.0915. The number of para-hydroxylation sites is 1. The van der Waals surface area contributed by atoms with Crippen molar-refractivity contribution in [2.75, 3.05) is 32.2 Å². The van der Waals surface area contributed by atoms with Gasteiger partial charge in [-0.2, -0.15) is 0 Å². The molecule has 7 nitrogen and oxygen atoms in total. The zero-order chi connectivity index (χ0) is 18.5. The molecule has 0 aromatic heterocycles. The quantitative estimate of drug-likeness (QED) is 0.860. The number of ether oxygens (including phenoxy) is 3. The van der Waals surface area contributed by atoms with Gasteiger partial charge in [0.2, 0.25) is 0 Å². The molecule has 1 aliphatic rings. The molecule has 1 unspecified atom stereocenters. The maximum absolute atomic E-state index is 12.3. The molecule has 1 atom stereocenters. The van der Waals surface area contributed by atoms with Crippen LogP contribution in [0.4, 0.5) is 10.5 Å². The van der Waals surface area contributed by atoms with E-state index in [1.54, 1.807) is 23.1 Å². The van der Waals surface area contributed by atoms with Gasteiger partial charge < -0.3 is 19.5 Å². The molecule has 2 aromatic carbocycles. The lowest BCUT2D eigenvalue weighted by Crippen LogP contribution is -2.34. The largest absolute Gasteiger partial charge is 0.493 e. The summed E-state index contributed by atoms with van der Waals surface area (Å²) in [5, 5.41) is 2.78. The lowest BCUT2D eigenvalue weighted by Gasteiger charge is -2.13. The van der Waals surface area contributed by atoms with Crippen LogP contribution in [-0.4, -0.2) is 45.4 Å². The number of hydrogen-bond donors (Lipinski definition) is 1. The summed E-state index contributed by atoms with van der Waals surface area (Å²) in [6.07, 6.45) is -0.826. The molecule has 0 spiro atoms. The van der Waals surface area contributed by atoms with Crippen molar-refractivity contribution in [3.63, 3.8) is 0 Å². The minimum atomic E-state index is -0.415. The SMILES string of the molecule is COc1ccc(C(=O)NCC2CN(c3ccccc3)C(=O)O2)cc1OC. The van der Waals surface area contributed by atoms with Gasteiger partial charge in [0.05, 0.1) is 27.3 Å². The number of carbonyl (C=O) groups excluding carboxylic acids is 2. The van der Waals surface area contributed by atoms with Crippen LogP contribution in [-0.2, 0) is 4.74 Å². The molecule has 1 heterocycles. The first-order valence-corrected chi connectivity index (χ1v) is 8.16. The van der Waals surface area contributed by atoms with Crippen molar-refractivity contribution in [3.05, 3.63) is 54.1 Å². The maximum Gasteiger partial charge on any atom is 0.414 e. The van der Waals surface area contributed by atoms with E-state index < -0.39 is 12.2 Å². The zero-order valence-electron chi connectivity index (χ0n) is 14.6. The molecule has 0 aliphatic carbocycles. The molecule has 2 aromatic rings. The van der Waals surface area contributed by atoms with E-state index in [0.717, 1.165) is 5.69 Å². The van der Waals surface area contributed by atoms with Crippen molar-refractivity contribution in [1.82, 2.24) is 5.32 Å². The first-order chi connectivity index (χ1) is 12.6. The van der Waals surface area contributed by atoms with Crippen LogP contribution in [0.15, 0.2) is 48.5 Å². The minimum absolute atomic E-state index is 0.224. The second-order valence-electron chi connectivity index (χ2n) is 5.73. The van der Waals surface area contributed by atoms with Crippen molar-refractivity contribution in [1.29, 1.82) is 0 Å². The second-order valence-corrected chi connectivity index (χ2v) is 5.73. The Morgan fingerprint density at radius 1 is 1.15 bits per heavy atom.